The Morgan fingerprint density at radius 3 is 1.02 bits per heavy atom. The van der Waals surface area contributed by atoms with E-state index in [1.54, 1.807) is 0 Å². The first-order chi connectivity index (χ1) is 20.9. The second kappa shape index (κ2) is 13.0. The molecule has 0 aliphatic carbocycles. The molecule has 0 fully saturated rings. The number of rotatable bonds is 4. The van der Waals surface area contributed by atoms with Gasteiger partial charge in [-0.15, -0.1) is 11.4 Å². The van der Waals surface area contributed by atoms with Gasteiger partial charge in [-0.3, -0.25) is 0 Å². The number of nitrogens with zero attached hydrogens (tertiary/aromatic N) is 4. The van der Waals surface area contributed by atoms with Crippen LogP contribution >= 0.6 is 0 Å². The molecular formula is C38H30IrN4+. The molecule has 0 saturated heterocycles. The van der Waals surface area contributed by atoms with Gasteiger partial charge < -0.3 is 20.4 Å². The molecule has 2 aliphatic rings. The van der Waals surface area contributed by atoms with E-state index >= 15 is 0 Å². The largest absolute Gasteiger partial charge is 3.00 e. The molecule has 0 saturated carbocycles. The Balaban J connectivity index is 0.000000150. The third-order valence-electron chi connectivity index (χ3n) is 7.56. The second-order valence-electron chi connectivity index (χ2n) is 10.2. The fourth-order valence-electron chi connectivity index (χ4n) is 5.63. The van der Waals surface area contributed by atoms with Crippen molar-refractivity contribution in [2.75, 3.05) is 9.80 Å². The van der Waals surface area contributed by atoms with Gasteiger partial charge in [0.2, 0.25) is 0 Å². The maximum absolute atomic E-state index is 4.91. The number of anilines is 4. The third kappa shape index (κ3) is 5.78. The first-order valence-corrected chi connectivity index (χ1v) is 14.2. The van der Waals surface area contributed by atoms with Crippen LogP contribution in [0.5, 0.6) is 0 Å². The summed E-state index contributed by atoms with van der Waals surface area (Å²) in [7, 11) is 0. The summed E-state index contributed by atoms with van der Waals surface area (Å²) in [6.07, 6.45) is 0.0111. The molecular weight excluding hydrogens is 705 g/mol. The Morgan fingerprint density at radius 1 is 0.349 bits per heavy atom. The molecule has 0 spiro atoms. The van der Waals surface area contributed by atoms with E-state index in [1.807, 2.05) is 36.4 Å². The molecule has 210 valence electrons. The number of hydrogen-bond acceptors (Lipinski definition) is 2. The minimum atomic E-state index is 0. The predicted molar refractivity (Wildman–Crippen MR) is 174 cm³/mol. The number of para-hydroxylation sites is 6. The Hall–Kier alpha value is -4.83. The van der Waals surface area contributed by atoms with E-state index in [9.17, 15) is 0 Å². The number of benzene rings is 6. The molecule has 0 bridgehead atoms. The molecule has 2 aliphatic heterocycles. The van der Waals surface area contributed by atoms with Crippen molar-refractivity contribution in [1.82, 2.24) is 0 Å². The van der Waals surface area contributed by atoms with Gasteiger partial charge in [-0.2, -0.15) is 0 Å². The summed E-state index contributed by atoms with van der Waals surface area (Å²) in [5.74, 6) is 0. The van der Waals surface area contributed by atoms with Crippen molar-refractivity contribution in [3.63, 3.8) is 0 Å². The van der Waals surface area contributed by atoms with Crippen LogP contribution in [0, 0.1) is 0 Å². The minimum Gasteiger partial charge on any atom is -0.659 e. The predicted octanol–water partition coefficient (Wildman–Crippen LogP) is 11.1. The standard InChI is InChI=1S/2C19H15N2.Ir/c2*1-3-9-15(10-4-1)19-20-17-13-7-8-14-18(17)21(19)16-11-5-2-6-12-16;/h2*1-14,19H;/q2*-1;+3. The normalized spacial score (nSPS) is 16.0. The average Bonchev–Trinajstić information content (AvgIpc) is 3.66. The molecule has 0 radical (unpaired) electrons. The van der Waals surface area contributed by atoms with Gasteiger partial charge in [0.1, 0.15) is 0 Å². The van der Waals surface area contributed by atoms with Crippen LogP contribution in [-0.2, 0) is 20.1 Å². The van der Waals surface area contributed by atoms with Crippen molar-refractivity contribution in [3.8, 4) is 0 Å². The van der Waals surface area contributed by atoms with Crippen molar-refractivity contribution >= 4 is 34.1 Å². The van der Waals surface area contributed by atoms with Crippen molar-refractivity contribution in [2.45, 2.75) is 12.3 Å². The van der Waals surface area contributed by atoms with Gasteiger partial charge in [-0.05, 0) is 59.9 Å². The van der Waals surface area contributed by atoms with Gasteiger partial charge >= 0.3 is 20.1 Å². The monoisotopic (exact) mass is 735 g/mol. The summed E-state index contributed by atoms with van der Waals surface area (Å²) in [6, 6.07) is 58.4. The van der Waals surface area contributed by atoms with Crippen LogP contribution in [0.2, 0.25) is 0 Å². The summed E-state index contributed by atoms with van der Waals surface area (Å²) in [6.45, 7) is 0. The minimum absolute atomic E-state index is 0. The van der Waals surface area contributed by atoms with E-state index in [1.165, 1.54) is 22.5 Å². The molecule has 8 rings (SSSR count). The van der Waals surface area contributed by atoms with Crippen molar-refractivity contribution < 1.29 is 20.1 Å². The van der Waals surface area contributed by atoms with Gasteiger partial charge in [0.05, 0.1) is 0 Å². The fourth-order valence-corrected chi connectivity index (χ4v) is 5.63. The zero-order valence-corrected chi connectivity index (χ0v) is 25.8. The molecule has 0 N–H and O–H groups in total. The number of fused-ring (bicyclic) bond motifs is 2. The Labute approximate surface area is 267 Å². The van der Waals surface area contributed by atoms with E-state index in [4.69, 9.17) is 10.6 Å². The summed E-state index contributed by atoms with van der Waals surface area (Å²) < 4.78 is 0. The van der Waals surface area contributed by atoms with Crippen LogP contribution in [0.4, 0.5) is 34.1 Å². The molecule has 2 unspecified atom stereocenters. The second-order valence-corrected chi connectivity index (χ2v) is 10.2. The molecule has 6 aromatic carbocycles. The van der Waals surface area contributed by atoms with Crippen LogP contribution in [0.1, 0.15) is 23.5 Å². The van der Waals surface area contributed by atoms with Crippen LogP contribution in [0.3, 0.4) is 0 Å². The zero-order valence-electron chi connectivity index (χ0n) is 23.4. The van der Waals surface area contributed by atoms with Gasteiger partial charge in [-0.1, -0.05) is 133 Å². The molecule has 43 heavy (non-hydrogen) atoms. The maximum Gasteiger partial charge on any atom is 3.00 e. The van der Waals surface area contributed by atoms with Gasteiger partial charge in [0.15, 0.2) is 0 Å². The van der Waals surface area contributed by atoms with Crippen molar-refractivity contribution in [2.24, 2.45) is 0 Å². The van der Waals surface area contributed by atoms with Crippen LogP contribution in [0.15, 0.2) is 170 Å². The summed E-state index contributed by atoms with van der Waals surface area (Å²) >= 11 is 0. The molecule has 4 nitrogen and oxygen atoms in total. The van der Waals surface area contributed by atoms with Crippen molar-refractivity contribution in [1.29, 1.82) is 0 Å². The molecule has 0 aromatic heterocycles. The smallest absolute Gasteiger partial charge is 0.659 e. The Bertz CT molecular complexity index is 1610. The Morgan fingerprint density at radius 2 is 0.651 bits per heavy atom. The van der Waals surface area contributed by atoms with E-state index in [2.05, 4.69) is 143 Å². The van der Waals surface area contributed by atoms with E-state index in [-0.39, 0.29) is 32.4 Å². The fraction of sp³-hybridized carbons (Fsp3) is 0.0526. The third-order valence-corrected chi connectivity index (χ3v) is 7.56. The number of hydrogen-bond donors (Lipinski definition) is 0. The summed E-state index contributed by atoms with van der Waals surface area (Å²) in [4.78, 5) is 4.59. The van der Waals surface area contributed by atoms with E-state index in [0.717, 1.165) is 22.7 Å². The van der Waals surface area contributed by atoms with E-state index in [0.29, 0.717) is 0 Å². The quantitative estimate of drug-likeness (QED) is 0.181. The maximum atomic E-state index is 4.91. The summed E-state index contributed by atoms with van der Waals surface area (Å²) in [5, 5.41) is 9.81. The SMILES string of the molecule is [Ir+3].c1ccc(C2[N-]c3ccccc3N2c2ccccc2)cc1.c1ccc(C2[N-]c3ccccc3N2c2ccccc2)cc1. The molecule has 5 heteroatoms. The molecule has 0 amide bonds. The molecule has 6 aromatic rings. The topological polar surface area (TPSA) is 34.7 Å². The van der Waals surface area contributed by atoms with Crippen LogP contribution in [0.25, 0.3) is 10.6 Å². The molecule has 2 atom stereocenters. The average molecular weight is 735 g/mol. The van der Waals surface area contributed by atoms with Crippen LogP contribution < -0.4 is 9.80 Å². The van der Waals surface area contributed by atoms with E-state index < -0.39 is 0 Å². The van der Waals surface area contributed by atoms with Crippen molar-refractivity contribution in [3.05, 3.63) is 192 Å². The zero-order chi connectivity index (χ0) is 28.1. The first-order valence-electron chi connectivity index (χ1n) is 14.2. The first kappa shape index (κ1) is 28.3. The Kier molecular flexibility index (Phi) is 8.55. The summed E-state index contributed by atoms with van der Waals surface area (Å²) in [5.41, 5.74) is 9.18. The molecule has 2 heterocycles. The van der Waals surface area contributed by atoms with Gasteiger partial charge in [0.25, 0.3) is 0 Å². The van der Waals surface area contributed by atoms with Crippen LogP contribution in [-0.4, -0.2) is 0 Å². The van der Waals surface area contributed by atoms with Gasteiger partial charge in [-0.25, -0.2) is 0 Å². The van der Waals surface area contributed by atoms with Gasteiger partial charge in [0, 0.05) is 22.7 Å².